The van der Waals surface area contributed by atoms with Crippen LogP contribution in [0.25, 0.3) is 0 Å². The van der Waals surface area contributed by atoms with Crippen molar-refractivity contribution in [1.29, 1.82) is 0 Å². The van der Waals surface area contributed by atoms with Crippen molar-refractivity contribution in [3.8, 4) is 0 Å². The minimum Gasteiger partial charge on any atom is -0.377 e. The number of likely N-dealkylation sites (N-methyl/N-ethyl adjacent to an activating group) is 1. The van der Waals surface area contributed by atoms with E-state index in [-0.39, 0.29) is 30.8 Å². The van der Waals surface area contributed by atoms with Crippen LogP contribution in [0.1, 0.15) is 34.6 Å². The maximum Gasteiger partial charge on any atom is 0.248 e. The molecule has 0 saturated heterocycles. The number of rotatable bonds is 12. The summed E-state index contributed by atoms with van der Waals surface area (Å²) in [4.78, 5) is 24.2. The molecule has 0 spiro atoms. The number of carbonyl (C=O) groups is 2. The van der Waals surface area contributed by atoms with E-state index in [0.29, 0.717) is 33.0 Å². The Hall–Kier alpha value is -0.980. The van der Waals surface area contributed by atoms with Gasteiger partial charge in [-0.05, 0) is 6.92 Å². The molecule has 0 heterocycles. The molecule has 22 heavy (non-hydrogen) atoms. The lowest BCUT2D eigenvalue weighted by Crippen LogP contribution is -2.30. The molecular weight excluding hydrogens is 286 g/mol. The third kappa shape index (κ3) is 14.0. The van der Waals surface area contributed by atoms with Crippen LogP contribution in [-0.4, -0.2) is 69.8 Å². The SMILES string of the molecule is CC.CCN(C)C(=O)COCCOCCOCC(=O)C(C)C. The quantitative estimate of drug-likeness (QED) is 0.513. The highest BCUT2D eigenvalue weighted by atomic mass is 16.5. The minimum atomic E-state index is -0.0389. The summed E-state index contributed by atoms with van der Waals surface area (Å²) in [5.41, 5.74) is 0. The second-order valence-electron chi connectivity index (χ2n) is 4.75. The number of Topliss-reactive ketones (excluding diaryl/α,β-unsaturated/α-hetero) is 1. The maximum atomic E-state index is 11.4. The van der Waals surface area contributed by atoms with Gasteiger partial charge in [0.2, 0.25) is 5.91 Å². The van der Waals surface area contributed by atoms with Crippen molar-refractivity contribution in [3.05, 3.63) is 0 Å². The fourth-order valence-corrected chi connectivity index (χ4v) is 1.12. The topological polar surface area (TPSA) is 65.1 Å². The van der Waals surface area contributed by atoms with Gasteiger partial charge in [-0.2, -0.15) is 0 Å². The van der Waals surface area contributed by atoms with Gasteiger partial charge in [0, 0.05) is 19.5 Å². The van der Waals surface area contributed by atoms with Gasteiger partial charge in [0.05, 0.1) is 26.4 Å². The number of hydrogen-bond acceptors (Lipinski definition) is 5. The van der Waals surface area contributed by atoms with Crippen molar-refractivity contribution in [2.45, 2.75) is 34.6 Å². The Morgan fingerprint density at radius 1 is 0.909 bits per heavy atom. The molecule has 0 bridgehead atoms. The Morgan fingerprint density at radius 2 is 1.36 bits per heavy atom. The fourth-order valence-electron chi connectivity index (χ4n) is 1.12. The molecule has 0 unspecified atom stereocenters. The lowest BCUT2D eigenvalue weighted by atomic mass is 10.1. The standard InChI is InChI=1S/C14H27NO5.C2H6/c1-5-15(4)14(17)11-20-9-7-18-6-8-19-10-13(16)12(2)3;1-2/h12H,5-11H2,1-4H3;1-2H3. The summed E-state index contributed by atoms with van der Waals surface area (Å²) in [7, 11) is 1.73. The first-order chi connectivity index (χ1) is 10.5. The van der Waals surface area contributed by atoms with Crippen molar-refractivity contribution >= 4 is 11.7 Å². The van der Waals surface area contributed by atoms with Crippen molar-refractivity contribution in [3.63, 3.8) is 0 Å². The van der Waals surface area contributed by atoms with E-state index in [4.69, 9.17) is 14.2 Å². The number of nitrogens with zero attached hydrogens (tertiary/aromatic N) is 1. The molecule has 6 heteroatoms. The van der Waals surface area contributed by atoms with E-state index in [0.717, 1.165) is 0 Å². The molecule has 0 aliphatic rings. The summed E-state index contributed by atoms with van der Waals surface area (Å²) in [6.07, 6.45) is 0. The number of ether oxygens (including phenoxy) is 3. The van der Waals surface area contributed by atoms with Crippen LogP contribution in [0.15, 0.2) is 0 Å². The summed E-state index contributed by atoms with van der Waals surface area (Å²) >= 11 is 0. The monoisotopic (exact) mass is 319 g/mol. The van der Waals surface area contributed by atoms with Gasteiger partial charge < -0.3 is 19.1 Å². The molecule has 6 nitrogen and oxygen atoms in total. The third-order valence-electron chi connectivity index (χ3n) is 2.76. The lowest BCUT2D eigenvalue weighted by Gasteiger charge is -2.14. The van der Waals surface area contributed by atoms with Gasteiger partial charge in [0.15, 0.2) is 5.78 Å². The molecule has 0 radical (unpaired) electrons. The van der Waals surface area contributed by atoms with Crippen LogP contribution in [0.4, 0.5) is 0 Å². The molecular formula is C16H33NO5. The predicted octanol–water partition coefficient (Wildman–Crippen LogP) is 1.77. The average molecular weight is 319 g/mol. The summed E-state index contributed by atoms with van der Waals surface area (Å²) < 4.78 is 15.6. The van der Waals surface area contributed by atoms with E-state index in [1.165, 1.54) is 0 Å². The predicted molar refractivity (Wildman–Crippen MR) is 87.0 cm³/mol. The maximum absolute atomic E-state index is 11.4. The molecule has 0 aromatic carbocycles. The average Bonchev–Trinajstić information content (AvgIpc) is 2.53. The smallest absolute Gasteiger partial charge is 0.248 e. The van der Waals surface area contributed by atoms with Crippen molar-refractivity contribution in [2.75, 3.05) is 53.2 Å². The number of hydrogen-bond donors (Lipinski definition) is 0. The van der Waals surface area contributed by atoms with Gasteiger partial charge in [-0.25, -0.2) is 0 Å². The van der Waals surface area contributed by atoms with Gasteiger partial charge >= 0.3 is 0 Å². The Labute approximate surface area is 135 Å². The molecule has 0 aromatic heterocycles. The highest BCUT2D eigenvalue weighted by molar-refractivity contribution is 5.81. The number of carbonyl (C=O) groups excluding carboxylic acids is 2. The van der Waals surface area contributed by atoms with Crippen LogP contribution in [0.5, 0.6) is 0 Å². The van der Waals surface area contributed by atoms with Gasteiger partial charge in [-0.15, -0.1) is 0 Å². The largest absolute Gasteiger partial charge is 0.377 e. The molecule has 0 aromatic rings. The van der Waals surface area contributed by atoms with E-state index >= 15 is 0 Å². The van der Waals surface area contributed by atoms with Gasteiger partial charge in [0.25, 0.3) is 0 Å². The van der Waals surface area contributed by atoms with Crippen LogP contribution >= 0.6 is 0 Å². The van der Waals surface area contributed by atoms with E-state index in [2.05, 4.69) is 0 Å². The molecule has 0 fully saturated rings. The Bertz CT molecular complexity index is 282. The van der Waals surface area contributed by atoms with Crippen LogP contribution in [-0.2, 0) is 23.8 Å². The first-order valence-corrected chi connectivity index (χ1v) is 7.98. The Balaban J connectivity index is 0. The lowest BCUT2D eigenvalue weighted by molar-refractivity contribution is -0.135. The Kier molecular flexibility index (Phi) is 17.4. The first-order valence-electron chi connectivity index (χ1n) is 7.98. The van der Waals surface area contributed by atoms with E-state index < -0.39 is 0 Å². The van der Waals surface area contributed by atoms with Crippen LogP contribution < -0.4 is 0 Å². The molecule has 1 amide bonds. The Morgan fingerprint density at radius 3 is 1.82 bits per heavy atom. The third-order valence-corrected chi connectivity index (χ3v) is 2.76. The van der Waals surface area contributed by atoms with E-state index in [1.54, 1.807) is 11.9 Å². The zero-order valence-electron chi connectivity index (χ0n) is 15.0. The zero-order valence-corrected chi connectivity index (χ0v) is 15.0. The van der Waals surface area contributed by atoms with Crippen LogP contribution in [0, 0.1) is 5.92 Å². The molecule has 0 aliphatic heterocycles. The van der Waals surface area contributed by atoms with Crippen molar-refractivity contribution in [2.24, 2.45) is 5.92 Å². The molecule has 0 atom stereocenters. The van der Waals surface area contributed by atoms with Gasteiger partial charge in [0.1, 0.15) is 13.2 Å². The highest BCUT2D eigenvalue weighted by Gasteiger charge is 2.07. The van der Waals surface area contributed by atoms with Gasteiger partial charge in [-0.1, -0.05) is 27.7 Å². The molecule has 0 aliphatic carbocycles. The summed E-state index contributed by atoms with van der Waals surface area (Å²) in [6, 6.07) is 0. The van der Waals surface area contributed by atoms with Crippen LogP contribution in [0.2, 0.25) is 0 Å². The summed E-state index contributed by atoms with van der Waals surface area (Å²) in [6.45, 7) is 12.1. The fraction of sp³-hybridized carbons (Fsp3) is 0.875. The first kappa shape index (κ1) is 23.3. The zero-order chi connectivity index (χ0) is 17.4. The second-order valence-corrected chi connectivity index (χ2v) is 4.75. The van der Waals surface area contributed by atoms with Gasteiger partial charge in [-0.3, -0.25) is 9.59 Å². The van der Waals surface area contributed by atoms with E-state index in [1.807, 2.05) is 34.6 Å². The molecule has 132 valence electrons. The highest BCUT2D eigenvalue weighted by Crippen LogP contribution is 1.94. The van der Waals surface area contributed by atoms with E-state index in [9.17, 15) is 9.59 Å². The molecule has 0 rings (SSSR count). The van der Waals surface area contributed by atoms with Crippen LogP contribution in [0.3, 0.4) is 0 Å². The number of amides is 1. The number of ketones is 1. The molecule has 0 saturated carbocycles. The van der Waals surface area contributed by atoms with Crippen molar-refractivity contribution < 1.29 is 23.8 Å². The summed E-state index contributed by atoms with van der Waals surface area (Å²) in [5.74, 6) is 0.0537. The normalized spacial score (nSPS) is 10.1. The minimum absolute atomic E-state index is 0.00288. The van der Waals surface area contributed by atoms with Crippen molar-refractivity contribution in [1.82, 2.24) is 4.90 Å². The second kappa shape index (κ2) is 16.4. The molecule has 0 N–H and O–H groups in total. The summed E-state index contributed by atoms with van der Waals surface area (Å²) in [5, 5.41) is 0.